The maximum atomic E-state index is 12.5. The number of fused-ring (bicyclic) bond motifs is 1. The standard InChI is InChI=1S/C18H22N4O3S2/c1-21-10-9-15-16(11-21)26-18(19-15)20-17(23)12-3-7-14(8-4-12)27(24,25)22(2)13-5-6-13/h3-4,7-8,13H,5-6,9-11H2,1-2H3,(H,19,20,23). The SMILES string of the molecule is CN1CCc2nc(NC(=O)c3ccc(S(=O)(=O)N(C)C4CC4)cc3)sc2C1. The molecule has 1 saturated carbocycles. The Bertz CT molecular complexity index is 965. The summed E-state index contributed by atoms with van der Waals surface area (Å²) in [4.78, 5) is 20.6. The molecule has 1 amide bonds. The highest BCUT2D eigenvalue weighted by Gasteiger charge is 2.35. The minimum Gasteiger partial charge on any atom is -0.301 e. The van der Waals surface area contributed by atoms with E-state index in [2.05, 4.69) is 22.2 Å². The van der Waals surface area contributed by atoms with Crippen molar-refractivity contribution in [3.8, 4) is 0 Å². The molecular weight excluding hydrogens is 384 g/mol. The second kappa shape index (κ2) is 6.97. The van der Waals surface area contributed by atoms with Crippen LogP contribution in [0.4, 0.5) is 5.13 Å². The fourth-order valence-corrected chi connectivity index (χ4v) is 5.62. The van der Waals surface area contributed by atoms with Crippen LogP contribution in [0.3, 0.4) is 0 Å². The lowest BCUT2D eigenvalue weighted by Crippen LogP contribution is -2.29. The minimum absolute atomic E-state index is 0.105. The molecule has 27 heavy (non-hydrogen) atoms. The van der Waals surface area contributed by atoms with Crippen LogP contribution >= 0.6 is 11.3 Å². The molecule has 0 atom stereocenters. The van der Waals surface area contributed by atoms with Crippen molar-refractivity contribution in [2.24, 2.45) is 0 Å². The highest BCUT2D eigenvalue weighted by atomic mass is 32.2. The van der Waals surface area contributed by atoms with Crippen LogP contribution in [-0.2, 0) is 23.0 Å². The second-order valence-electron chi connectivity index (χ2n) is 7.11. The molecule has 1 aliphatic carbocycles. The Labute approximate surface area is 163 Å². The number of benzene rings is 1. The number of amides is 1. The fraction of sp³-hybridized carbons (Fsp3) is 0.444. The predicted molar refractivity (Wildman–Crippen MR) is 105 cm³/mol. The van der Waals surface area contributed by atoms with Crippen molar-refractivity contribution in [1.82, 2.24) is 14.2 Å². The maximum Gasteiger partial charge on any atom is 0.257 e. The summed E-state index contributed by atoms with van der Waals surface area (Å²) in [6.45, 7) is 1.82. The Morgan fingerprint density at radius 1 is 1.30 bits per heavy atom. The Kier molecular flexibility index (Phi) is 4.79. The van der Waals surface area contributed by atoms with Crippen LogP contribution in [0.2, 0.25) is 0 Å². The molecule has 0 bridgehead atoms. The van der Waals surface area contributed by atoms with Gasteiger partial charge in [0.25, 0.3) is 5.91 Å². The quantitative estimate of drug-likeness (QED) is 0.823. The summed E-state index contributed by atoms with van der Waals surface area (Å²) >= 11 is 1.50. The van der Waals surface area contributed by atoms with Crippen molar-refractivity contribution in [2.45, 2.75) is 36.7 Å². The van der Waals surface area contributed by atoms with Crippen molar-refractivity contribution in [1.29, 1.82) is 0 Å². The summed E-state index contributed by atoms with van der Waals surface area (Å²) in [6.07, 6.45) is 2.70. The van der Waals surface area contributed by atoms with E-state index in [0.29, 0.717) is 10.7 Å². The van der Waals surface area contributed by atoms with Gasteiger partial charge in [-0.2, -0.15) is 4.31 Å². The van der Waals surface area contributed by atoms with E-state index in [9.17, 15) is 13.2 Å². The van der Waals surface area contributed by atoms with Crippen molar-refractivity contribution in [3.05, 3.63) is 40.4 Å². The van der Waals surface area contributed by atoms with Crippen LogP contribution in [0.5, 0.6) is 0 Å². The lowest BCUT2D eigenvalue weighted by Gasteiger charge is -2.20. The molecule has 7 nitrogen and oxygen atoms in total. The van der Waals surface area contributed by atoms with Gasteiger partial charge in [0.1, 0.15) is 0 Å². The van der Waals surface area contributed by atoms with E-state index in [1.54, 1.807) is 19.2 Å². The number of rotatable bonds is 5. The van der Waals surface area contributed by atoms with Gasteiger partial charge >= 0.3 is 0 Å². The lowest BCUT2D eigenvalue weighted by atomic mass is 10.2. The van der Waals surface area contributed by atoms with E-state index >= 15 is 0 Å². The first-order valence-corrected chi connectivity index (χ1v) is 11.2. The Hall–Kier alpha value is -1.81. The normalized spacial score (nSPS) is 17.7. The number of thiazole rings is 1. The molecule has 1 N–H and O–H groups in total. The Balaban J connectivity index is 1.47. The zero-order valence-corrected chi connectivity index (χ0v) is 16.9. The molecule has 9 heteroatoms. The van der Waals surface area contributed by atoms with Crippen molar-refractivity contribution >= 4 is 32.4 Å². The number of likely N-dealkylation sites (N-methyl/N-ethyl adjacent to an activating group) is 1. The molecule has 0 spiro atoms. The van der Waals surface area contributed by atoms with E-state index in [1.165, 1.54) is 32.7 Å². The van der Waals surface area contributed by atoms with E-state index in [4.69, 9.17) is 0 Å². The number of hydrogen-bond donors (Lipinski definition) is 1. The van der Waals surface area contributed by atoms with Gasteiger partial charge in [0, 0.05) is 43.0 Å². The van der Waals surface area contributed by atoms with Crippen LogP contribution in [0.1, 0.15) is 33.8 Å². The average molecular weight is 407 g/mol. The molecule has 0 radical (unpaired) electrons. The number of nitrogens with zero attached hydrogens (tertiary/aromatic N) is 3. The third kappa shape index (κ3) is 3.77. The van der Waals surface area contributed by atoms with Gasteiger partial charge in [0.2, 0.25) is 10.0 Å². The van der Waals surface area contributed by atoms with Gasteiger partial charge < -0.3 is 4.90 Å². The molecule has 0 saturated heterocycles. The molecule has 1 aromatic carbocycles. The molecule has 2 aromatic rings. The summed E-state index contributed by atoms with van der Waals surface area (Å²) in [6, 6.07) is 6.18. The summed E-state index contributed by atoms with van der Waals surface area (Å²) < 4.78 is 26.5. The van der Waals surface area contributed by atoms with Gasteiger partial charge in [0.15, 0.2) is 5.13 Å². The number of nitrogens with one attached hydrogen (secondary N) is 1. The fourth-order valence-electron chi connectivity index (χ4n) is 3.12. The topological polar surface area (TPSA) is 82.6 Å². The summed E-state index contributed by atoms with van der Waals surface area (Å²) in [5.74, 6) is -0.283. The first-order chi connectivity index (χ1) is 12.8. The molecule has 4 rings (SSSR count). The largest absolute Gasteiger partial charge is 0.301 e. The number of carbonyl (C=O) groups is 1. The van der Waals surface area contributed by atoms with Gasteiger partial charge in [-0.05, 0) is 44.2 Å². The van der Waals surface area contributed by atoms with Crippen LogP contribution in [-0.4, -0.2) is 55.2 Å². The predicted octanol–water partition coefficient (Wildman–Crippen LogP) is 2.17. The van der Waals surface area contributed by atoms with Crippen LogP contribution in [0.15, 0.2) is 29.2 Å². The number of sulfonamides is 1. The molecule has 144 valence electrons. The zero-order chi connectivity index (χ0) is 19.2. The zero-order valence-electron chi connectivity index (χ0n) is 15.3. The monoisotopic (exact) mass is 406 g/mol. The van der Waals surface area contributed by atoms with Crippen LogP contribution in [0.25, 0.3) is 0 Å². The van der Waals surface area contributed by atoms with E-state index in [-0.39, 0.29) is 16.8 Å². The smallest absolute Gasteiger partial charge is 0.257 e. The van der Waals surface area contributed by atoms with Gasteiger partial charge in [-0.1, -0.05) is 0 Å². The van der Waals surface area contributed by atoms with Crippen LogP contribution < -0.4 is 5.32 Å². The third-order valence-electron chi connectivity index (χ3n) is 5.00. The molecule has 1 aromatic heterocycles. The molecule has 2 aliphatic rings. The molecule has 0 unspecified atom stereocenters. The van der Waals surface area contributed by atoms with E-state index < -0.39 is 10.0 Å². The Morgan fingerprint density at radius 2 is 2.00 bits per heavy atom. The van der Waals surface area contributed by atoms with Gasteiger partial charge in [-0.15, -0.1) is 11.3 Å². The number of anilines is 1. The first kappa shape index (κ1) is 18.5. The van der Waals surface area contributed by atoms with Crippen molar-refractivity contribution < 1.29 is 13.2 Å². The highest BCUT2D eigenvalue weighted by Crippen LogP contribution is 2.31. The van der Waals surface area contributed by atoms with Gasteiger partial charge in [0.05, 0.1) is 10.6 Å². The summed E-state index contributed by atoms with van der Waals surface area (Å²) in [5, 5.41) is 3.42. The molecule has 1 fully saturated rings. The summed E-state index contributed by atoms with van der Waals surface area (Å²) in [7, 11) is 0.175. The van der Waals surface area contributed by atoms with Crippen molar-refractivity contribution in [2.75, 3.05) is 26.0 Å². The lowest BCUT2D eigenvalue weighted by molar-refractivity contribution is 0.102. The average Bonchev–Trinajstić information content (AvgIpc) is 3.41. The molecular formula is C18H22N4O3S2. The summed E-state index contributed by atoms with van der Waals surface area (Å²) in [5.41, 5.74) is 1.46. The maximum absolute atomic E-state index is 12.5. The second-order valence-corrected chi connectivity index (χ2v) is 10.2. The number of hydrogen-bond acceptors (Lipinski definition) is 6. The van der Waals surface area contributed by atoms with Crippen molar-refractivity contribution in [3.63, 3.8) is 0 Å². The van der Waals surface area contributed by atoms with E-state index in [0.717, 1.165) is 38.0 Å². The highest BCUT2D eigenvalue weighted by molar-refractivity contribution is 7.89. The molecule has 2 heterocycles. The first-order valence-electron chi connectivity index (χ1n) is 8.91. The number of aromatic nitrogens is 1. The van der Waals surface area contributed by atoms with Gasteiger partial charge in [-0.3, -0.25) is 10.1 Å². The third-order valence-corrected chi connectivity index (χ3v) is 7.92. The Morgan fingerprint density at radius 3 is 2.67 bits per heavy atom. The van der Waals surface area contributed by atoms with Crippen LogP contribution in [0, 0.1) is 0 Å². The number of carbonyl (C=O) groups excluding carboxylic acids is 1. The minimum atomic E-state index is -3.50. The molecule has 1 aliphatic heterocycles. The van der Waals surface area contributed by atoms with Gasteiger partial charge in [-0.25, -0.2) is 13.4 Å². The van der Waals surface area contributed by atoms with E-state index in [1.807, 2.05) is 0 Å².